The van der Waals surface area contributed by atoms with Crippen molar-refractivity contribution in [2.75, 3.05) is 0 Å². The zero-order chi connectivity index (χ0) is 16.8. The fourth-order valence-corrected chi connectivity index (χ4v) is 2.49. The molecule has 2 aromatic carbocycles. The van der Waals surface area contributed by atoms with Crippen molar-refractivity contribution in [1.29, 1.82) is 0 Å². The van der Waals surface area contributed by atoms with Crippen LogP contribution in [0.25, 0.3) is 0 Å². The van der Waals surface area contributed by atoms with E-state index >= 15 is 0 Å². The Bertz CT molecular complexity index is 689. The minimum atomic E-state index is -0.538. The highest BCUT2D eigenvalue weighted by molar-refractivity contribution is 6.02. The third-order valence-electron chi connectivity index (χ3n) is 3.91. The van der Waals surface area contributed by atoms with Crippen LogP contribution in [0.1, 0.15) is 47.2 Å². The van der Waals surface area contributed by atoms with Crippen molar-refractivity contribution < 1.29 is 19.8 Å². The van der Waals surface area contributed by atoms with Crippen LogP contribution >= 0.6 is 0 Å². The van der Waals surface area contributed by atoms with Crippen molar-refractivity contribution in [3.8, 4) is 5.75 Å². The number of phenols is 1. The molecule has 23 heavy (non-hydrogen) atoms. The number of rotatable bonds is 7. The van der Waals surface area contributed by atoms with Crippen LogP contribution in [-0.4, -0.2) is 26.8 Å². The van der Waals surface area contributed by atoms with Gasteiger partial charge in [-0.2, -0.15) is 0 Å². The van der Waals surface area contributed by atoms with Crippen LogP contribution in [0, 0.1) is 0 Å². The van der Waals surface area contributed by atoms with Gasteiger partial charge in [-0.05, 0) is 36.1 Å². The second kappa shape index (κ2) is 7.58. The predicted molar refractivity (Wildman–Crippen MR) is 89.8 cm³/mol. The average Bonchev–Trinajstić information content (AvgIpc) is 2.54. The predicted octanol–water partition coefficient (Wildman–Crippen LogP) is 3.76. The van der Waals surface area contributed by atoms with Crippen LogP contribution in [0.15, 0.2) is 48.5 Å². The van der Waals surface area contributed by atoms with E-state index in [1.807, 2.05) is 31.2 Å². The Morgan fingerprint density at radius 3 is 2.39 bits per heavy atom. The molecule has 0 unspecified atom stereocenters. The molecule has 0 aliphatic carbocycles. The molecule has 0 saturated heterocycles. The maximum atomic E-state index is 12.5. The van der Waals surface area contributed by atoms with Gasteiger partial charge in [0, 0.05) is 5.92 Å². The summed E-state index contributed by atoms with van der Waals surface area (Å²) in [5, 5.41) is 18.6. The number of hydrogen-bond donors (Lipinski definition) is 2. The van der Waals surface area contributed by atoms with Crippen LogP contribution in [0.2, 0.25) is 0 Å². The molecule has 4 heteroatoms. The molecule has 0 heterocycles. The molecule has 2 aromatic rings. The normalized spacial score (nSPS) is 11.9. The van der Waals surface area contributed by atoms with Gasteiger partial charge in [-0.1, -0.05) is 43.3 Å². The van der Waals surface area contributed by atoms with Crippen LogP contribution < -0.4 is 0 Å². The standard InChI is InChI=1S/C19H20O4/c1-13(19(23)16-6-2-3-7-17(16)20)15-11-9-14(10-12-15)5-4-8-18(21)22/h2-3,6-7,9-13,20H,4-5,8H2,1H3,(H,21,22)/p+1/t13-/m1/s1. The number of ketones is 1. The summed E-state index contributed by atoms with van der Waals surface area (Å²) in [7, 11) is 0. The first-order chi connectivity index (χ1) is 11.0. The highest BCUT2D eigenvalue weighted by atomic mass is 16.4. The van der Waals surface area contributed by atoms with Crippen molar-refractivity contribution in [1.82, 2.24) is 0 Å². The first kappa shape index (κ1) is 16.7. The Hall–Kier alpha value is -2.62. The molecule has 2 rings (SSSR count). The highest BCUT2D eigenvalue weighted by Crippen LogP contribution is 2.25. The maximum Gasteiger partial charge on any atom is 0.480 e. The number of aliphatic hydroxyl groups excluding tert-OH is 1. The number of benzene rings is 2. The van der Waals surface area contributed by atoms with Crippen LogP contribution in [0.4, 0.5) is 0 Å². The fraction of sp³-hybridized carbons (Fsp3) is 0.263. The Kier molecular flexibility index (Phi) is 5.52. The molecule has 0 aliphatic heterocycles. The number of carbonyl (C=O) groups is 1. The van der Waals surface area contributed by atoms with E-state index in [0.29, 0.717) is 12.0 Å². The average molecular weight is 313 g/mol. The maximum absolute atomic E-state index is 12.5. The zero-order valence-electron chi connectivity index (χ0n) is 13.1. The van der Waals surface area contributed by atoms with Crippen molar-refractivity contribution in [3.63, 3.8) is 0 Å². The highest BCUT2D eigenvalue weighted by Gasteiger charge is 2.19. The van der Waals surface area contributed by atoms with Crippen molar-refractivity contribution >= 4 is 11.8 Å². The Balaban J connectivity index is 2.05. The van der Waals surface area contributed by atoms with Gasteiger partial charge in [0.15, 0.2) is 5.78 Å². The first-order valence-corrected chi connectivity index (χ1v) is 7.64. The van der Waals surface area contributed by atoms with Gasteiger partial charge in [0.05, 0.1) is 5.56 Å². The summed E-state index contributed by atoms with van der Waals surface area (Å²) in [6, 6.07) is 14.2. The molecule has 120 valence electrons. The summed E-state index contributed by atoms with van der Waals surface area (Å²) < 4.78 is 0. The van der Waals surface area contributed by atoms with Gasteiger partial charge in [0.2, 0.25) is 0 Å². The van der Waals surface area contributed by atoms with Gasteiger partial charge >= 0.3 is 5.97 Å². The lowest BCUT2D eigenvalue weighted by atomic mass is 9.91. The van der Waals surface area contributed by atoms with Crippen LogP contribution in [0.5, 0.6) is 5.75 Å². The van der Waals surface area contributed by atoms with E-state index in [0.717, 1.165) is 17.5 Å². The van der Waals surface area contributed by atoms with E-state index in [1.54, 1.807) is 18.2 Å². The molecule has 0 aliphatic rings. The summed E-state index contributed by atoms with van der Waals surface area (Å²) in [4.78, 5) is 21.2. The summed E-state index contributed by atoms with van der Waals surface area (Å²) in [5.74, 6) is -0.993. The zero-order valence-corrected chi connectivity index (χ0v) is 13.1. The number of carboxylic acids is 1. The lowest BCUT2D eigenvalue weighted by molar-refractivity contribution is 0.0963. The number of hydrogen-bond acceptors (Lipinski definition) is 2. The molecule has 0 spiro atoms. The molecule has 0 fully saturated rings. The van der Waals surface area contributed by atoms with Crippen molar-refractivity contribution in [2.45, 2.75) is 32.1 Å². The fourth-order valence-electron chi connectivity index (χ4n) is 2.49. The Labute approximate surface area is 135 Å². The Morgan fingerprint density at radius 1 is 1.13 bits per heavy atom. The van der Waals surface area contributed by atoms with E-state index in [-0.39, 0.29) is 23.9 Å². The minimum absolute atomic E-state index is 0.000955. The number of aliphatic carboxylic acids is 1. The van der Waals surface area contributed by atoms with Crippen molar-refractivity contribution in [3.05, 3.63) is 65.2 Å². The summed E-state index contributed by atoms with van der Waals surface area (Å²) in [6.07, 6.45) is 1.67. The quantitative estimate of drug-likeness (QED) is 0.603. The van der Waals surface area contributed by atoms with E-state index in [2.05, 4.69) is 0 Å². The third-order valence-corrected chi connectivity index (χ3v) is 3.91. The van der Waals surface area contributed by atoms with E-state index in [9.17, 15) is 9.90 Å². The van der Waals surface area contributed by atoms with Gasteiger partial charge in [-0.3, -0.25) is 4.79 Å². The third kappa shape index (κ3) is 4.42. The number of para-hydroxylation sites is 1. The molecule has 0 radical (unpaired) electrons. The summed E-state index contributed by atoms with van der Waals surface area (Å²) >= 11 is 0. The number of carboxylic acid groups (broad SMARTS) is 1. The van der Waals surface area contributed by atoms with Gasteiger partial charge < -0.3 is 15.0 Å². The molecular formula is C19H21O4+. The molecular weight excluding hydrogens is 292 g/mol. The first-order valence-electron chi connectivity index (χ1n) is 7.64. The SMILES string of the molecule is C[C@@H](C(=O)c1ccccc1O)c1ccc(CCCC(O)=[OH+])cc1. The Morgan fingerprint density at radius 2 is 1.78 bits per heavy atom. The molecule has 0 aromatic heterocycles. The van der Waals surface area contributed by atoms with Crippen molar-refractivity contribution in [2.24, 2.45) is 0 Å². The second-order valence-corrected chi connectivity index (χ2v) is 5.61. The van der Waals surface area contributed by atoms with Gasteiger partial charge in [-0.15, -0.1) is 0 Å². The second-order valence-electron chi connectivity index (χ2n) is 5.61. The molecule has 1 atom stereocenters. The lowest BCUT2D eigenvalue weighted by Crippen LogP contribution is -2.10. The number of aryl methyl sites for hydroxylation is 1. The molecule has 4 nitrogen and oxygen atoms in total. The summed E-state index contributed by atoms with van der Waals surface area (Å²) in [5.41, 5.74) is 2.30. The number of carbonyl (C=O) groups excluding carboxylic acids is 1. The van der Waals surface area contributed by atoms with Crippen LogP contribution in [-0.2, 0) is 6.42 Å². The molecule has 3 N–H and O–H groups in total. The number of Topliss-reactive ketones (excluding diaryl/α,β-unsaturated/α-hetero) is 1. The lowest BCUT2D eigenvalue weighted by Gasteiger charge is -2.12. The smallest absolute Gasteiger partial charge is 0.480 e. The molecule has 0 bridgehead atoms. The summed E-state index contributed by atoms with van der Waals surface area (Å²) in [6.45, 7) is 1.82. The topological polar surface area (TPSA) is 78.9 Å². The van der Waals surface area contributed by atoms with Gasteiger partial charge in [0.25, 0.3) is 0 Å². The molecule has 0 amide bonds. The molecule has 0 saturated carbocycles. The largest absolute Gasteiger partial charge is 0.507 e. The van der Waals surface area contributed by atoms with Crippen LogP contribution in [0.3, 0.4) is 0 Å². The van der Waals surface area contributed by atoms with E-state index in [1.165, 1.54) is 6.07 Å². The number of aromatic hydroxyl groups is 1. The monoisotopic (exact) mass is 313 g/mol. The minimum Gasteiger partial charge on any atom is -0.507 e. The van der Waals surface area contributed by atoms with E-state index < -0.39 is 5.97 Å². The van der Waals surface area contributed by atoms with E-state index in [4.69, 9.17) is 9.90 Å². The number of phenolic OH excluding ortho intramolecular Hbond substituents is 1. The van der Waals surface area contributed by atoms with Gasteiger partial charge in [0.1, 0.15) is 12.2 Å². The van der Waals surface area contributed by atoms with Gasteiger partial charge in [-0.25, -0.2) is 0 Å².